The Morgan fingerprint density at radius 1 is 0.955 bits per heavy atom. The number of aliphatic hydroxyl groups is 1. The summed E-state index contributed by atoms with van der Waals surface area (Å²) in [5.74, 6) is 0.167. The molecule has 0 unspecified atom stereocenters. The summed E-state index contributed by atoms with van der Waals surface area (Å²) < 4.78 is 0. The maximum absolute atomic E-state index is 9.88. The minimum absolute atomic E-state index is 0.167. The minimum atomic E-state index is 0.167. The van der Waals surface area contributed by atoms with E-state index >= 15 is 0 Å². The summed E-state index contributed by atoms with van der Waals surface area (Å²) in [6.07, 6.45) is 19.9. The normalized spacial score (nSPS) is 12.0. The van der Waals surface area contributed by atoms with Crippen LogP contribution in [0.15, 0.2) is 29.3 Å². The summed E-state index contributed by atoms with van der Waals surface area (Å²) in [4.78, 5) is 9.88. The average molecular weight is 310 g/mol. The van der Waals surface area contributed by atoms with Crippen molar-refractivity contribution in [2.24, 2.45) is 5.18 Å². The Balaban J connectivity index is 3.21. The van der Waals surface area contributed by atoms with Crippen LogP contribution in [0.5, 0.6) is 0 Å². The highest BCUT2D eigenvalue weighted by molar-refractivity contribution is 4.88. The van der Waals surface area contributed by atoms with E-state index in [1.165, 1.54) is 51.4 Å². The largest absolute Gasteiger partial charge is 0.495 e. The molecule has 0 radical (unpaired) electrons. The van der Waals surface area contributed by atoms with Crippen LogP contribution in [0.4, 0.5) is 0 Å². The first-order valence-electron chi connectivity index (χ1n) is 8.88. The Morgan fingerprint density at radius 2 is 1.55 bits per heavy atom. The van der Waals surface area contributed by atoms with Gasteiger partial charge in [-0.25, -0.2) is 0 Å². The van der Waals surface area contributed by atoms with Crippen LogP contribution in [0.2, 0.25) is 0 Å². The van der Waals surface area contributed by atoms with Crippen molar-refractivity contribution in [3.8, 4) is 0 Å². The van der Waals surface area contributed by atoms with Gasteiger partial charge in [0.25, 0.3) is 0 Å². The molecule has 0 aromatic rings. The van der Waals surface area contributed by atoms with Gasteiger partial charge in [-0.1, -0.05) is 62.8 Å². The predicted molar refractivity (Wildman–Crippen MR) is 95.0 cm³/mol. The van der Waals surface area contributed by atoms with Crippen LogP contribution >= 0.6 is 0 Å². The van der Waals surface area contributed by atoms with Crippen molar-refractivity contribution >= 4 is 0 Å². The van der Waals surface area contributed by atoms with Gasteiger partial charge < -0.3 is 10.4 Å². The molecule has 0 bridgehead atoms. The first-order valence-corrected chi connectivity index (χ1v) is 8.88. The van der Waals surface area contributed by atoms with Crippen molar-refractivity contribution in [3.63, 3.8) is 0 Å². The second kappa shape index (κ2) is 17.7. The van der Waals surface area contributed by atoms with E-state index in [0.717, 1.165) is 19.3 Å². The molecule has 4 nitrogen and oxygen atoms in total. The fourth-order valence-corrected chi connectivity index (χ4v) is 2.29. The molecule has 4 heteroatoms. The molecule has 0 atom stereocenters. The lowest BCUT2D eigenvalue weighted by Crippen LogP contribution is -2.16. The third kappa shape index (κ3) is 16.7. The van der Waals surface area contributed by atoms with Gasteiger partial charge in [0.1, 0.15) is 0 Å². The number of allylic oxidation sites excluding steroid dienone is 3. The summed E-state index contributed by atoms with van der Waals surface area (Å²) in [7, 11) is 0. The van der Waals surface area contributed by atoms with Crippen LogP contribution in [0, 0.1) is 4.91 Å². The molecule has 2 N–H and O–H groups in total. The van der Waals surface area contributed by atoms with Gasteiger partial charge >= 0.3 is 0 Å². The summed E-state index contributed by atoms with van der Waals surface area (Å²) in [6.45, 7) is 2.77. The Kier molecular flexibility index (Phi) is 16.7. The average Bonchev–Trinajstić information content (AvgIpc) is 2.52. The number of aliphatic hydroxyl groups excluding tert-OH is 1. The fourth-order valence-electron chi connectivity index (χ4n) is 2.29. The van der Waals surface area contributed by atoms with Gasteiger partial charge in [-0.2, -0.15) is 4.91 Å². The van der Waals surface area contributed by atoms with Crippen LogP contribution in [0.1, 0.15) is 77.6 Å². The number of unbranched alkanes of at least 4 members (excludes halogenated alkanes) is 9. The van der Waals surface area contributed by atoms with Crippen molar-refractivity contribution in [2.45, 2.75) is 77.6 Å². The van der Waals surface area contributed by atoms with Gasteiger partial charge in [-0.05, 0) is 38.2 Å². The summed E-state index contributed by atoms with van der Waals surface area (Å²) in [5.41, 5.74) is 0. The third-order valence-corrected chi connectivity index (χ3v) is 3.57. The second-order valence-corrected chi connectivity index (χ2v) is 5.65. The molecule has 0 aliphatic carbocycles. The molecule has 22 heavy (non-hydrogen) atoms. The van der Waals surface area contributed by atoms with Gasteiger partial charge in [-0.15, -0.1) is 0 Å². The zero-order valence-corrected chi connectivity index (χ0v) is 14.2. The van der Waals surface area contributed by atoms with Gasteiger partial charge in [0.15, 0.2) is 5.88 Å². The van der Waals surface area contributed by atoms with Crippen molar-refractivity contribution in [2.75, 3.05) is 13.1 Å². The second-order valence-electron chi connectivity index (χ2n) is 5.65. The van der Waals surface area contributed by atoms with E-state index in [1.807, 2.05) is 0 Å². The highest BCUT2D eigenvalue weighted by atomic mass is 16.3. The van der Waals surface area contributed by atoms with Crippen LogP contribution in [0.3, 0.4) is 0 Å². The van der Waals surface area contributed by atoms with Crippen LogP contribution in [-0.2, 0) is 0 Å². The lowest BCUT2D eigenvalue weighted by molar-refractivity contribution is 0.362. The predicted octanol–water partition coefficient (Wildman–Crippen LogP) is 5.61. The molecule has 0 aromatic carbocycles. The van der Waals surface area contributed by atoms with E-state index in [1.54, 1.807) is 6.08 Å². The number of nitrogens with zero attached hydrogens (tertiary/aromatic N) is 1. The number of rotatable bonds is 16. The molecule has 0 aromatic heterocycles. The molecule has 0 fully saturated rings. The first-order chi connectivity index (χ1) is 10.8. The standard InChI is InChI=1S/C18H34N2O2/c1-2-3-4-5-6-7-8-9-10-11-12-13-14-15-18(21)19-16-17-20-22/h3-4,15,19,21H,2,5-14,16-17H2,1H3/b4-3+,18-15-. The molecule has 0 saturated carbocycles. The summed E-state index contributed by atoms with van der Waals surface area (Å²) in [5, 5.41) is 14.9. The van der Waals surface area contributed by atoms with E-state index in [2.05, 4.69) is 29.6 Å². The summed E-state index contributed by atoms with van der Waals surface area (Å²) >= 11 is 0. The SMILES string of the molecule is CC/C=C/CCCCCCCCCC/C=C(\O)NCCN=O. The van der Waals surface area contributed by atoms with Crippen LogP contribution in [-0.4, -0.2) is 18.2 Å². The Morgan fingerprint density at radius 3 is 2.14 bits per heavy atom. The number of hydrogen-bond acceptors (Lipinski definition) is 4. The monoisotopic (exact) mass is 310 g/mol. The highest BCUT2D eigenvalue weighted by Crippen LogP contribution is 2.11. The molecule has 0 amide bonds. The van der Waals surface area contributed by atoms with Crippen LogP contribution < -0.4 is 5.32 Å². The molecule has 0 spiro atoms. The van der Waals surface area contributed by atoms with Gasteiger partial charge in [0, 0.05) is 6.54 Å². The van der Waals surface area contributed by atoms with E-state index < -0.39 is 0 Å². The highest BCUT2D eigenvalue weighted by Gasteiger charge is 1.94. The van der Waals surface area contributed by atoms with E-state index in [0.29, 0.717) is 6.54 Å². The maximum Gasteiger partial charge on any atom is 0.179 e. The zero-order valence-electron chi connectivity index (χ0n) is 14.2. The van der Waals surface area contributed by atoms with E-state index in [9.17, 15) is 10.0 Å². The molecule has 0 saturated heterocycles. The lowest BCUT2D eigenvalue weighted by atomic mass is 10.1. The number of hydrogen-bond donors (Lipinski definition) is 2. The Bertz CT molecular complexity index is 301. The Labute approximate surface area is 136 Å². The smallest absolute Gasteiger partial charge is 0.179 e. The third-order valence-electron chi connectivity index (χ3n) is 3.57. The van der Waals surface area contributed by atoms with Crippen molar-refractivity contribution < 1.29 is 5.11 Å². The molecule has 0 aliphatic heterocycles. The van der Waals surface area contributed by atoms with Gasteiger partial charge in [0.05, 0.1) is 6.54 Å². The topological polar surface area (TPSA) is 61.7 Å². The quantitative estimate of drug-likeness (QED) is 0.169. The zero-order chi connectivity index (χ0) is 16.3. The van der Waals surface area contributed by atoms with Crippen molar-refractivity contribution in [3.05, 3.63) is 29.0 Å². The molecule has 0 aliphatic rings. The fraction of sp³-hybridized carbons (Fsp3) is 0.778. The Hall–Kier alpha value is -1.32. The van der Waals surface area contributed by atoms with Crippen molar-refractivity contribution in [1.29, 1.82) is 0 Å². The van der Waals surface area contributed by atoms with Gasteiger partial charge in [0.2, 0.25) is 0 Å². The molecular weight excluding hydrogens is 276 g/mol. The lowest BCUT2D eigenvalue weighted by Gasteiger charge is -2.03. The van der Waals surface area contributed by atoms with E-state index in [-0.39, 0.29) is 12.4 Å². The van der Waals surface area contributed by atoms with Gasteiger partial charge in [-0.3, -0.25) is 0 Å². The minimum Gasteiger partial charge on any atom is -0.495 e. The molecule has 0 heterocycles. The van der Waals surface area contributed by atoms with E-state index in [4.69, 9.17) is 0 Å². The van der Waals surface area contributed by atoms with Crippen molar-refractivity contribution in [1.82, 2.24) is 5.32 Å². The van der Waals surface area contributed by atoms with Crippen LogP contribution in [0.25, 0.3) is 0 Å². The molecule has 128 valence electrons. The molecular formula is C18H34N2O2. The number of nitroso groups, excluding NO2 is 1. The number of nitrogens with one attached hydrogen (secondary N) is 1. The first kappa shape index (κ1) is 20.7. The summed E-state index contributed by atoms with van der Waals surface area (Å²) in [6, 6.07) is 0. The maximum atomic E-state index is 9.88. The molecule has 0 rings (SSSR count).